The average molecular weight is 267 g/mol. The lowest BCUT2D eigenvalue weighted by molar-refractivity contribution is -0.140. The first kappa shape index (κ1) is 11.5. The monoisotopic (exact) mass is 267 g/mol. The van der Waals surface area contributed by atoms with Crippen molar-refractivity contribution >= 4 is 18.0 Å². The van der Waals surface area contributed by atoms with Gasteiger partial charge < -0.3 is 0 Å². The van der Waals surface area contributed by atoms with Gasteiger partial charge in [-0.05, 0) is 36.0 Å². The van der Waals surface area contributed by atoms with E-state index in [4.69, 9.17) is 0 Å². The van der Waals surface area contributed by atoms with E-state index in [0.29, 0.717) is 0 Å². The molecule has 100 valence electrons. The maximum atomic E-state index is 12.4. The first-order valence-electron chi connectivity index (χ1n) is 6.76. The second kappa shape index (κ2) is 4.10. The second-order valence-corrected chi connectivity index (χ2v) is 5.51. The molecular weight excluding hydrogens is 254 g/mol. The molecule has 0 radical (unpaired) electrons. The van der Waals surface area contributed by atoms with Crippen LogP contribution in [0.1, 0.15) is 12.0 Å². The summed E-state index contributed by atoms with van der Waals surface area (Å²) in [6.07, 6.45) is 9.92. The van der Waals surface area contributed by atoms with Gasteiger partial charge in [-0.25, -0.2) is 0 Å². The molecule has 4 atom stereocenters. The zero-order valence-electron chi connectivity index (χ0n) is 10.7. The van der Waals surface area contributed by atoms with Crippen LogP contribution in [0.4, 0.5) is 0 Å². The van der Waals surface area contributed by atoms with Crippen molar-refractivity contribution in [1.29, 1.82) is 0 Å². The molecule has 1 aliphatic heterocycles. The Morgan fingerprint density at radius 2 is 1.70 bits per heavy atom. The van der Waals surface area contributed by atoms with Gasteiger partial charge in [0.25, 0.3) is 11.8 Å². The molecule has 1 saturated carbocycles. The molecule has 4 rings (SSSR count). The predicted molar refractivity (Wildman–Crippen MR) is 71.4 cm³/mol. The van der Waals surface area contributed by atoms with E-state index in [9.17, 15) is 9.59 Å². The summed E-state index contributed by atoms with van der Waals surface area (Å²) in [4.78, 5) is 28.6. The minimum atomic E-state index is -0.188. The second-order valence-electron chi connectivity index (χ2n) is 5.51. The summed E-state index contributed by atoms with van der Waals surface area (Å²) in [6, 6.07) is 3.56. The first-order valence-corrected chi connectivity index (χ1v) is 6.76. The SMILES string of the molecule is O=C1[C@@H]2[C@H](C(=O)N1N=Cc1ccncc1)[C@H]1C=C[C@H]2C1. The number of rotatable bonds is 2. The summed E-state index contributed by atoms with van der Waals surface area (Å²) in [6.45, 7) is 0. The Morgan fingerprint density at radius 3 is 2.30 bits per heavy atom. The number of aromatic nitrogens is 1. The lowest BCUT2D eigenvalue weighted by Crippen LogP contribution is -2.28. The molecule has 0 unspecified atom stereocenters. The number of hydrogen-bond donors (Lipinski definition) is 0. The van der Waals surface area contributed by atoms with Gasteiger partial charge in [0, 0.05) is 12.4 Å². The van der Waals surface area contributed by atoms with E-state index < -0.39 is 0 Å². The molecule has 5 nitrogen and oxygen atoms in total. The van der Waals surface area contributed by atoms with Gasteiger partial charge in [-0.1, -0.05) is 12.2 Å². The molecule has 3 aliphatic rings. The van der Waals surface area contributed by atoms with Crippen LogP contribution < -0.4 is 0 Å². The van der Waals surface area contributed by atoms with Crippen molar-refractivity contribution in [3.05, 3.63) is 42.2 Å². The van der Waals surface area contributed by atoms with Gasteiger partial charge >= 0.3 is 0 Å². The lowest BCUT2D eigenvalue weighted by atomic mass is 9.85. The van der Waals surface area contributed by atoms with Gasteiger partial charge in [0.2, 0.25) is 0 Å². The van der Waals surface area contributed by atoms with Crippen molar-refractivity contribution in [1.82, 2.24) is 9.99 Å². The highest BCUT2D eigenvalue weighted by Gasteiger charge is 2.59. The van der Waals surface area contributed by atoms with Gasteiger partial charge in [-0.2, -0.15) is 10.1 Å². The van der Waals surface area contributed by atoms with Crippen LogP contribution in [0.2, 0.25) is 0 Å². The number of hydrazone groups is 1. The average Bonchev–Trinajstić information content (AvgIpc) is 3.13. The quantitative estimate of drug-likeness (QED) is 0.460. The Hall–Kier alpha value is -2.30. The van der Waals surface area contributed by atoms with Crippen LogP contribution in [0.5, 0.6) is 0 Å². The maximum Gasteiger partial charge on any atom is 0.254 e. The number of imide groups is 1. The molecule has 2 fully saturated rings. The number of pyridine rings is 1. The van der Waals surface area contributed by atoms with E-state index in [1.807, 2.05) is 0 Å². The smallest absolute Gasteiger partial charge is 0.254 e. The van der Waals surface area contributed by atoms with Gasteiger partial charge in [0.05, 0.1) is 18.1 Å². The fourth-order valence-electron chi connectivity index (χ4n) is 3.57. The Balaban J connectivity index is 1.61. The van der Waals surface area contributed by atoms with Gasteiger partial charge in [-0.15, -0.1) is 0 Å². The number of hydrogen-bond acceptors (Lipinski definition) is 4. The van der Waals surface area contributed by atoms with Crippen molar-refractivity contribution in [2.24, 2.45) is 28.8 Å². The van der Waals surface area contributed by atoms with Gasteiger partial charge in [-0.3, -0.25) is 14.6 Å². The predicted octanol–water partition coefficient (Wildman–Crippen LogP) is 1.22. The number of nitrogens with zero attached hydrogens (tertiary/aromatic N) is 3. The fourth-order valence-corrected chi connectivity index (χ4v) is 3.57. The molecule has 20 heavy (non-hydrogen) atoms. The number of carbonyl (C=O) groups is 2. The molecule has 2 heterocycles. The Bertz CT molecular complexity index is 608. The molecule has 0 spiro atoms. The molecule has 2 amide bonds. The molecule has 0 aromatic carbocycles. The zero-order chi connectivity index (χ0) is 13.7. The fraction of sp³-hybridized carbons (Fsp3) is 0.333. The molecule has 2 bridgehead atoms. The van der Waals surface area contributed by atoms with E-state index in [1.54, 1.807) is 24.5 Å². The van der Waals surface area contributed by atoms with Gasteiger partial charge in [0.1, 0.15) is 0 Å². The summed E-state index contributed by atoms with van der Waals surface area (Å²) in [5.74, 6) is -0.228. The van der Waals surface area contributed by atoms with Gasteiger partial charge in [0.15, 0.2) is 0 Å². The molecule has 1 aromatic heterocycles. The van der Waals surface area contributed by atoms with Crippen LogP contribution in [0.15, 0.2) is 41.8 Å². The standard InChI is InChI=1S/C15H13N3O2/c19-14-12-10-1-2-11(7-10)13(12)15(20)18(14)17-8-9-3-5-16-6-4-9/h1-6,8,10-13H,7H2/t10-,11-,12-,13+/m0/s1. The summed E-state index contributed by atoms with van der Waals surface area (Å²) in [7, 11) is 0. The number of allylic oxidation sites excluding steroid dienone is 2. The van der Waals surface area contributed by atoms with Crippen LogP contribution in [-0.4, -0.2) is 28.0 Å². The molecule has 2 aliphatic carbocycles. The van der Waals surface area contributed by atoms with Crippen LogP contribution in [-0.2, 0) is 9.59 Å². The van der Waals surface area contributed by atoms with Crippen molar-refractivity contribution in [3.8, 4) is 0 Å². The first-order chi connectivity index (χ1) is 9.75. The van der Waals surface area contributed by atoms with E-state index in [0.717, 1.165) is 17.0 Å². The Labute approximate surface area is 116 Å². The zero-order valence-corrected chi connectivity index (χ0v) is 10.7. The third kappa shape index (κ3) is 1.49. The normalized spacial score (nSPS) is 34.5. The number of fused-ring (bicyclic) bond motifs is 5. The topological polar surface area (TPSA) is 62.6 Å². The summed E-state index contributed by atoms with van der Waals surface area (Å²) >= 11 is 0. The van der Waals surface area contributed by atoms with Crippen LogP contribution >= 0.6 is 0 Å². The van der Waals surface area contributed by atoms with E-state index in [2.05, 4.69) is 22.2 Å². The highest BCUT2D eigenvalue weighted by Crippen LogP contribution is 2.52. The molecule has 1 aromatic rings. The van der Waals surface area contributed by atoms with Crippen molar-refractivity contribution in [2.75, 3.05) is 0 Å². The Morgan fingerprint density at radius 1 is 1.10 bits per heavy atom. The van der Waals surface area contributed by atoms with Crippen molar-refractivity contribution in [3.63, 3.8) is 0 Å². The number of amides is 2. The molecule has 0 N–H and O–H groups in total. The highest BCUT2D eigenvalue weighted by atomic mass is 16.2. The summed E-state index contributed by atoms with van der Waals surface area (Å²) < 4.78 is 0. The third-order valence-electron chi connectivity index (χ3n) is 4.48. The van der Waals surface area contributed by atoms with Crippen LogP contribution in [0.25, 0.3) is 0 Å². The summed E-state index contributed by atoms with van der Waals surface area (Å²) in [5, 5.41) is 5.15. The minimum Gasteiger partial charge on any atom is -0.272 e. The van der Waals surface area contributed by atoms with Crippen LogP contribution in [0, 0.1) is 23.7 Å². The summed E-state index contributed by atoms with van der Waals surface area (Å²) in [5.41, 5.74) is 0.818. The van der Waals surface area contributed by atoms with Crippen molar-refractivity contribution < 1.29 is 9.59 Å². The largest absolute Gasteiger partial charge is 0.272 e. The molecule has 5 heteroatoms. The van der Waals surface area contributed by atoms with E-state index in [1.165, 1.54) is 6.21 Å². The molecule has 1 saturated heterocycles. The highest BCUT2D eigenvalue weighted by molar-refractivity contribution is 6.06. The van der Waals surface area contributed by atoms with Crippen molar-refractivity contribution in [2.45, 2.75) is 6.42 Å². The molecular formula is C15H13N3O2. The van der Waals surface area contributed by atoms with Crippen LogP contribution in [0.3, 0.4) is 0 Å². The third-order valence-corrected chi connectivity index (χ3v) is 4.48. The maximum absolute atomic E-state index is 12.4. The van der Waals surface area contributed by atoms with E-state index >= 15 is 0 Å². The van der Waals surface area contributed by atoms with E-state index in [-0.39, 0.29) is 35.5 Å². The Kier molecular flexibility index (Phi) is 2.36. The number of carbonyl (C=O) groups excluding carboxylic acids is 2. The lowest BCUT2D eigenvalue weighted by Gasteiger charge is -2.13. The minimum absolute atomic E-state index is 0.151.